The lowest BCUT2D eigenvalue weighted by Crippen LogP contribution is -2.43. The standard InChI is InChI=1S/C16H32N2/c1-2-3-4-5-6-12-18-13-8-10-16(18)15-9-7-11-17-14-15/h15-17H,2-14H2,1H3. The normalized spacial score (nSPS) is 29.8. The van der Waals surface area contributed by atoms with Gasteiger partial charge >= 0.3 is 0 Å². The summed E-state index contributed by atoms with van der Waals surface area (Å²) in [7, 11) is 0. The van der Waals surface area contributed by atoms with Crippen LogP contribution in [0.2, 0.25) is 0 Å². The second-order valence-electron chi connectivity index (χ2n) is 6.27. The molecular formula is C16H32N2. The first-order chi connectivity index (χ1) is 8.92. The largest absolute Gasteiger partial charge is 0.316 e. The van der Waals surface area contributed by atoms with E-state index in [1.807, 2.05) is 0 Å². The molecule has 2 heteroatoms. The van der Waals surface area contributed by atoms with Crippen molar-refractivity contribution in [3.63, 3.8) is 0 Å². The lowest BCUT2D eigenvalue weighted by molar-refractivity contribution is 0.163. The highest BCUT2D eigenvalue weighted by molar-refractivity contribution is 4.87. The molecule has 2 nitrogen and oxygen atoms in total. The Balaban J connectivity index is 1.66. The van der Waals surface area contributed by atoms with Crippen LogP contribution < -0.4 is 5.32 Å². The summed E-state index contributed by atoms with van der Waals surface area (Å²) in [4.78, 5) is 2.81. The first kappa shape index (κ1) is 14.3. The Morgan fingerprint density at radius 3 is 2.72 bits per heavy atom. The molecule has 0 amide bonds. The number of unbranched alkanes of at least 4 members (excludes halogenated alkanes) is 4. The Bertz CT molecular complexity index is 211. The Kier molecular flexibility index (Phi) is 6.50. The van der Waals surface area contributed by atoms with Gasteiger partial charge in [0.05, 0.1) is 0 Å². The van der Waals surface area contributed by atoms with E-state index in [0.29, 0.717) is 0 Å². The van der Waals surface area contributed by atoms with Crippen molar-refractivity contribution in [2.45, 2.75) is 70.8 Å². The summed E-state index contributed by atoms with van der Waals surface area (Å²) >= 11 is 0. The predicted octanol–water partition coefficient (Wildman–Crippen LogP) is 3.42. The van der Waals surface area contributed by atoms with E-state index in [9.17, 15) is 0 Å². The zero-order chi connectivity index (χ0) is 12.6. The van der Waals surface area contributed by atoms with E-state index in [2.05, 4.69) is 17.1 Å². The monoisotopic (exact) mass is 252 g/mol. The molecule has 106 valence electrons. The van der Waals surface area contributed by atoms with Gasteiger partial charge in [-0.15, -0.1) is 0 Å². The van der Waals surface area contributed by atoms with E-state index in [1.54, 1.807) is 0 Å². The third kappa shape index (κ3) is 4.24. The quantitative estimate of drug-likeness (QED) is 0.698. The number of nitrogens with one attached hydrogen (secondary N) is 1. The zero-order valence-corrected chi connectivity index (χ0v) is 12.3. The van der Waals surface area contributed by atoms with Gasteiger partial charge in [-0.2, -0.15) is 0 Å². The van der Waals surface area contributed by atoms with Crippen LogP contribution in [-0.2, 0) is 0 Å². The third-order valence-corrected chi connectivity index (χ3v) is 4.84. The van der Waals surface area contributed by atoms with Gasteiger partial charge in [0.25, 0.3) is 0 Å². The predicted molar refractivity (Wildman–Crippen MR) is 78.9 cm³/mol. The van der Waals surface area contributed by atoms with Gasteiger partial charge < -0.3 is 10.2 Å². The van der Waals surface area contributed by atoms with Crippen LogP contribution in [0.4, 0.5) is 0 Å². The molecule has 0 aromatic heterocycles. The highest BCUT2D eigenvalue weighted by Crippen LogP contribution is 2.28. The average Bonchev–Trinajstić information content (AvgIpc) is 2.88. The lowest BCUT2D eigenvalue weighted by atomic mass is 9.90. The van der Waals surface area contributed by atoms with Crippen LogP contribution in [0.5, 0.6) is 0 Å². The van der Waals surface area contributed by atoms with Crippen LogP contribution in [0.3, 0.4) is 0 Å². The van der Waals surface area contributed by atoms with Crippen LogP contribution in [0.25, 0.3) is 0 Å². The van der Waals surface area contributed by atoms with Gasteiger partial charge in [-0.25, -0.2) is 0 Å². The second-order valence-corrected chi connectivity index (χ2v) is 6.27. The number of hydrogen-bond acceptors (Lipinski definition) is 2. The maximum atomic E-state index is 3.59. The number of likely N-dealkylation sites (tertiary alicyclic amines) is 1. The van der Waals surface area contributed by atoms with Gasteiger partial charge in [0.15, 0.2) is 0 Å². The van der Waals surface area contributed by atoms with Crippen molar-refractivity contribution in [3.05, 3.63) is 0 Å². The molecule has 2 saturated heterocycles. The molecule has 0 spiro atoms. The molecule has 2 rings (SSSR count). The lowest BCUT2D eigenvalue weighted by Gasteiger charge is -2.34. The molecule has 0 bridgehead atoms. The molecule has 18 heavy (non-hydrogen) atoms. The van der Waals surface area contributed by atoms with Crippen molar-refractivity contribution >= 4 is 0 Å². The molecule has 0 aromatic carbocycles. The van der Waals surface area contributed by atoms with Gasteiger partial charge in [0.1, 0.15) is 0 Å². The molecule has 0 aliphatic carbocycles. The minimum atomic E-state index is 0.906. The fraction of sp³-hybridized carbons (Fsp3) is 1.00. The number of hydrogen-bond donors (Lipinski definition) is 1. The topological polar surface area (TPSA) is 15.3 Å². The zero-order valence-electron chi connectivity index (χ0n) is 12.3. The molecule has 2 aliphatic heterocycles. The number of piperidine rings is 1. The minimum absolute atomic E-state index is 0.906. The SMILES string of the molecule is CCCCCCCN1CCCC1C1CCCNC1. The fourth-order valence-corrected chi connectivity index (χ4v) is 3.79. The molecule has 2 heterocycles. The summed E-state index contributed by atoms with van der Waals surface area (Å²) in [5.41, 5.74) is 0. The maximum absolute atomic E-state index is 3.59. The van der Waals surface area contributed by atoms with Crippen LogP contribution in [0, 0.1) is 5.92 Å². The first-order valence-electron chi connectivity index (χ1n) is 8.36. The Hall–Kier alpha value is -0.0800. The first-order valence-corrected chi connectivity index (χ1v) is 8.36. The molecule has 2 atom stereocenters. The second kappa shape index (κ2) is 8.16. The van der Waals surface area contributed by atoms with E-state index in [-0.39, 0.29) is 0 Å². The third-order valence-electron chi connectivity index (χ3n) is 4.84. The molecule has 0 saturated carbocycles. The average molecular weight is 252 g/mol. The van der Waals surface area contributed by atoms with Crippen molar-refractivity contribution < 1.29 is 0 Å². The number of rotatable bonds is 7. The summed E-state index contributed by atoms with van der Waals surface area (Å²) in [6, 6.07) is 0.906. The number of nitrogens with zero attached hydrogens (tertiary/aromatic N) is 1. The summed E-state index contributed by atoms with van der Waals surface area (Å²) in [6.07, 6.45) is 12.9. The van der Waals surface area contributed by atoms with Crippen molar-refractivity contribution in [1.29, 1.82) is 0 Å². The molecular weight excluding hydrogens is 220 g/mol. The van der Waals surface area contributed by atoms with E-state index in [0.717, 1.165) is 12.0 Å². The smallest absolute Gasteiger partial charge is 0.0136 e. The summed E-state index contributed by atoms with van der Waals surface area (Å²) in [5, 5.41) is 3.59. The van der Waals surface area contributed by atoms with Gasteiger partial charge in [0.2, 0.25) is 0 Å². The van der Waals surface area contributed by atoms with Crippen molar-refractivity contribution in [2.75, 3.05) is 26.2 Å². The Morgan fingerprint density at radius 1 is 1.06 bits per heavy atom. The molecule has 2 fully saturated rings. The summed E-state index contributed by atoms with van der Waals surface area (Å²) in [5.74, 6) is 0.942. The van der Waals surface area contributed by atoms with Crippen molar-refractivity contribution in [2.24, 2.45) is 5.92 Å². The van der Waals surface area contributed by atoms with E-state index >= 15 is 0 Å². The van der Waals surface area contributed by atoms with E-state index in [4.69, 9.17) is 0 Å². The molecule has 2 unspecified atom stereocenters. The van der Waals surface area contributed by atoms with Gasteiger partial charge in [-0.3, -0.25) is 0 Å². The van der Waals surface area contributed by atoms with Crippen molar-refractivity contribution in [3.8, 4) is 0 Å². The Morgan fingerprint density at radius 2 is 1.94 bits per heavy atom. The molecule has 0 radical (unpaired) electrons. The maximum Gasteiger partial charge on any atom is 0.0136 e. The van der Waals surface area contributed by atoms with Crippen LogP contribution >= 0.6 is 0 Å². The highest BCUT2D eigenvalue weighted by atomic mass is 15.2. The summed E-state index contributed by atoms with van der Waals surface area (Å²) in [6.45, 7) is 7.56. The molecule has 0 aromatic rings. The highest BCUT2D eigenvalue weighted by Gasteiger charge is 2.31. The molecule has 2 aliphatic rings. The van der Waals surface area contributed by atoms with Gasteiger partial charge in [-0.05, 0) is 64.2 Å². The minimum Gasteiger partial charge on any atom is -0.316 e. The molecule has 1 N–H and O–H groups in total. The van der Waals surface area contributed by atoms with Crippen LogP contribution in [0.1, 0.15) is 64.7 Å². The van der Waals surface area contributed by atoms with Crippen LogP contribution in [0.15, 0.2) is 0 Å². The van der Waals surface area contributed by atoms with Crippen LogP contribution in [-0.4, -0.2) is 37.1 Å². The fourth-order valence-electron chi connectivity index (χ4n) is 3.79. The van der Waals surface area contributed by atoms with Gasteiger partial charge in [0, 0.05) is 6.04 Å². The van der Waals surface area contributed by atoms with Gasteiger partial charge in [-0.1, -0.05) is 32.6 Å². The van der Waals surface area contributed by atoms with E-state index in [1.165, 1.54) is 84.0 Å². The van der Waals surface area contributed by atoms with E-state index < -0.39 is 0 Å². The van der Waals surface area contributed by atoms with Crippen molar-refractivity contribution in [1.82, 2.24) is 10.2 Å². The summed E-state index contributed by atoms with van der Waals surface area (Å²) < 4.78 is 0. The Labute approximate surface area is 114 Å².